The minimum Gasteiger partial charge on any atom is -0.483 e. The van der Waals surface area contributed by atoms with E-state index in [1.807, 2.05) is 54.6 Å². The van der Waals surface area contributed by atoms with Crippen LogP contribution in [-0.4, -0.2) is 4.98 Å². The van der Waals surface area contributed by atoms with Crippen molar-refractivity contribution in [3.05, 3.63) is 107 Å². The van der Waals surface area contributed by atoms with E-state index in [0.29, 0.717) is 12.1 Å². The fourth-order valence-electron chi connectivity index (χ4n) is 3.25. The van der Waals surface area contributed by atoms with Crippen LogP contribution in [0.4, 0.5) is 5.69 Å². The van der Waals surface area contributed by atoms with Crippen LogP contribution in [0.2, 0.25) is 0 Å². The maximum Gasteiger partial charge on any atom is 0.187 e. The van der Waals surface area contributed by atoms with Crippen molar-refractivity contribution in [2.75, 3.05) is 0 Å². The number of rotatable bonds is 2. The van der Waals surface area contributed by atoms with E-state index in [1.54, 1.807) is 18.5 Å². The van der Waals surface area contributed by atoms with E-state index in [4.69, 9.17) is 17.9 Å². The minimum absolute atomic E-state index is 0.206. The van der Waals surface area contributed by atoms with Crippen molar-refractivity contribution in [3.63, 3.8) is 0 Å². The zero-order chi connectivity index (χ0) is 18.6. The summed E-state index contributed by atoms with van der Waals surface area (Å²) in [5.74, 6) is 0.747. The Labute approximate surface area is 158 Å². The first kappa shape index (κ1) is 16.6. The van der Waals surface area contributed by atoms with E-state index in [2.05, 4.69) is 14.7 Å². The molecule has 0 saturated carbocycles. The lowest BCUT2D eigenvalue weighted by molar-refractivity contribution is 0.198. The van der Waals surface area contributed by atoms with Gasteiger partial charge in [-0.15, -0.1) is 0 Å². The van der Waals surface area contributed by atoms with Gasteiger partial charge in [-0.1, -0.05) is 30.3 Å². The van der Waals surface area contributed by atoms with E-state index in [0.717, 1.165) is 33.7 Å². The first-order valence-corrected chi connectivity index (χ1v) is 8.54. The number of fused-ring (bicyclic) bond motifs is 1. The first-order valence-electron chi connectivity index (χ1n) is 8.54. The topological polar surface area (TPSA) is 30.8 Å². The summed E-state index contributed by atoms with van der Waals surface area (Å²) in [5, 5.41) is 0. The van der Waals surface area contributed by atoms with Gasteiger partial charge in [-0.05, 0) is 47.0 Å². The molecule has 0 amide bonds. The predicted octanol–water partition coefficient (Wildman–Crippen LogP) is 6.08. The van der Waals surface area contributed by atoms with Gasteiger partial charge in [0.25, 0.3) is 0 Å². The molecule has 3 aromatic rings. The van der Waals surface area contributed by atoms with Crippen molar-refractivity contribution in [1.29, 1.82) is 0 Å². The van der Waals surface area contributed by atoms with Gasteiger partial charge in [0.2, 0.25) is 0 Å². The standard InChI is InChI=1S/C23H15N3O/c1-24-15-18-14-23(21-8-3-4-11-26-21)27-22-10-9-17(13-20(18)22)16-6-5-7-19(12-16)25-2/h3-13,15,23H,14H2. The fourth-order valence-corrected chi connectivity index (χ4v) is 3.25. The molecule has 27 heavy (non-hydrogen) atoms. The largest absolute Gasteiger partial charge is 0.483 e. The van der Waals surface area contributed by atoms with E-state index in [9.17, 15) is 0 Å². The van der Waals surface area contributed by atoms with E-state index in [1.165, 1.54) is 0 Å². The molecule has 1 aromatic heterocycles. The number of benzene rings is 2. The Hall–Kier alpha value is -3.89. The number of pyridine rings is 1. The summed E-state index contributed by atoms with van der Waals surface area (Å²) in [4.78, 5) is 11.4. The Balaban J connectivity index is 1.76. The van der Waals surface area contributed by atoms with Gasteiger partial charge < -0.3 is 4.74 Å². The Bertz CT molecular complexity index is 1100. The average molecular weight is 349 g/mol. The molecule has 0 N–H and O–H groups in total. The van der Waals surface area contributed by atoms with Gasteiger partial charge in [0.05, 0.1) is 18.8 Å². The van der Waals surface area contributed by atoms with Crippen molar-refractivity contribution in [2.45, 2.75) is 12.5 Å². The Morgan fingerprint density at radius 3 is 2.67 bits per heavy atom. The highest BCUT2D eigenvalue weighted by atomic mass is 16.5. The van der Waals surface area contributed by atoms with Crippen molar-refractivity contribution in [3.8, 4) is 16.9 Å². The van der Waals surface area contributed by atoms with E-state index >= 15 is 0 Å². The zero-order valence-corrected chi connectivity index (χ0v) is 14.5. The molecule has 1 atom stereocenters. The van der Waals surface area contributed by atoms with Gasteiger partial charge in [0.15, 0.2) is 11.9 Å². The van der Waals surface area contributed by atoms with Crippen molar-refractivity contribution in [2.24, 2.45) is 0 Å². The fraction of sp³-hybridized carbons (Fsp3) is 0.0870. The number of nitrogens with zero attached hydrogens (tertiary/aromatic N) is 3. The van der Waals surface area contributed by atoms with Crippen LogP contribution in [-0.2, 0) is 0 Å². The number of hydrogen-bond acceptors (Lipinski definition) is 2. The second-order valence-electron chi connectivity index (χ2n) is 6.22. The van der Waals surface area contributed by atoms with E-state index in [-0.39, 0.29) is 6.10 Å². The van der Waals surface area contributed by atoms with Crippen LogP contribution in [0.15, 0.2) is 73.1 Å². The molecule has 0 bridgehead atoms. The molecular weight excluding hydrogens is 334 g/mol. The first-order chi connectivity index (χ1) is 13.3. The quantitative estimate of drug-likeness (QED) is 0.525. The van der Waals surface area contributed by atoms with Gasteiger partial charge in [-0.2, -0.15) is 0 Å². The molecule has 2 heterocycles. The van der Waals surface area contributed by atoms with Gasteiger partial charge in [0.1, 0.15) is 11.9 Å². The van der Waals surface area contributed by atoms with E-state index < -0.39 is 0 Å². The SMILES string of the molecule is [C-]#[N+]C=C1CC(c2ccccn2)Oc2ccc(-c3cccc([N+]#[C-])c3)cc21. The van der Waals surface area contributed by atoms with Crippen molar-refractivity contribution >= 4 is 11.3 Å². The monoisotopic (exact) mass is 349 g/mol. The summed E-state index contributed by atoms with van der Waals surface area (Å²) >= 11 is 0. The third-order valence-electron chi connectivity index (χ3n) is 4.55. The molecule has 4 rings (SSSR count). The third-order valence-corrected chi connectivity index (χ3v) is 4.55. The minimum atomic E-state index is -0.206. The highest BCUT2D eigenvalue weighted by Crippen LogP contribution is 2.43. The Morgan fingerprint density at radius 1 is 1.00 bits per heavy atom. The third kappa shape index (κ3) is 3.29. The summed E-state index contributed by atoms with van der Waals surface area (Å²) in [5.41, 5.74) is 5.28. The molecule has 0 radical (unpaired) electrons. The smallest absolute Gasteiger partial charge is 0.187 e. The summed E-state index contributed by atoms with van der Waals surface area (Å²) in [6, 6.07) is 19.2. The van der Waals surface area contributed by atoms with Gasteiger partial charge >= 0.3 is 0 Å². The molecule has 128 valence electrons. The lowest BCUT2D eigenvalue weighted by Crippen LogP contribution is -2.15. The van der Waals surface area contributed by atoms with Crippen LogP contribution in [0.1, 0.15) is 23.8 Å². The van der Waals surface area contributed by atoms with Crippen LogP contribution in [0, 0.1) is 13.1 Å². The van der Waals surface area contributed by atoms with Crippen molar-refractivity contribution < 1.29 is 4.74 Å². The molecule has 0 spiro atoms. The average Bonchev–Trinajstić information content (AvgIpc) is 2.74. The molecular formula is C23H15N3O. The molecule has 0 aliphatic carbocycles. The van der Waals surface area contributed by atoms with Crippen LogP contribution < -0.4 is 4.74 Å². The summed E-state index contributed by atoms with van der Waals surface area (Å²) in [7, 11) is 0. The molecule has 4 nitrogen and oxygen atoms in total. The van der Waals surface area contributed by atoms with Gasteiger partial charge in [-0.25, -0.2) is 9.69 Å². The highest BCUT2D eigenvalue weighted by molar-refractivity contribution is 5.79. The van der Waals surface area contributed by atoms with Gasteiger partial charge in [0, 0.05) is 18.2 Å². The molecule has 0 saturated heterocycles. The molecule has 1 aliphatic heterocycles. The number of hydrogen-bond donors (Lipinski definition) is 0. The summed E-state index contributed by atoms with van der Waals surface area (Å²) < 4.78 is 6.18. The second kappa shape index (κ2) is 7.15. The molecule has 4 heteroatoms. The van der Waals surface area contributed by atoms with Crippen LogP contribution in [0.5, 0.6) is 5.75 Å². The Morgan fingerprint density at radius 2 is 1.89 bits per heavy atom. The van der Waals surface area contributed by atoms with Crippen LogP contribution in [0.3, 0.4) is 0 Å². The van der Waals surface area contributed by atoms with Gasteiger partial charge in [-0.3, -0.25) is 4.98 Å². The zero-order valence-electron chi connectivity index (χ0n) is 14.5. The predicted molar refractivity (Wildman–Crippen MR) is 105 cm³/mol. The maximum absolute atomic E-state index is 7.28. The summed E-state index contributed by atoms with van der Waals surface area (Å²) in [6.45, 7) is 14.5. The maximum atomic E-state index is 7.28. The molecule has 1 aliphatic rings. The second-order valence-corrected chi connectivity index (χ2v) is 6.22. The van der Waals surface area contributed by atoms with Crippen molar-refractivity contribution in [1.82, 2.24) is 4.98 Å². The normalized spacial score (nSPS) is 16.7. The van der Waals surface area contributed by atoms with Crippen LogP contribution >= 0.6 is 0 Å². The lowest BCUT2D eigenvalue weighted by Gasteiger charge is -2.28. The van der Waals surface area contributed by atoms with Crippen LogP contribution in [0.25, 0.3) is 26.4 Å². The molecule has 0 fully saturated rings. The number of aromatic nitrogens is 1. The molecule has 2 aromatic carbocycles. The highest BCUT2D eigenvalue weighted by Gasteiger charge is 2.26. The molecule has 1 unspecified atom stereocenters. The number of ether oxygens (including phenoxy) is 1. The summed E-state index contributed by atoms with van der Waals surface area (Å²) in [6.07, 6.45) is 3.71. The Kier molecular flexibility index (Phi) is 4.39. The lowest BCUT2D eigenvalue weighted by atomic mass is 9.92.